The Balaban J connectivity index is 1.77. The average Bonchev–Trinajstić information content (AvgIpc) is 2.99. The summed E-state index contributed by atoms with van der Waals surface area (Å²) in [6.45, 7) is 2.07. The van der Waals surface area contributed by atoms with E-state index in [0.717, 1.165) is 28.0 Å². The summed E-state index contributed by atoms with van der Waals surface area (Å²) in [4.78, 5) is 4.66. The Kier molecular flexibility index (Phi) is 3.19. The Morgan fingerprint density at radius 2 is 1.39 bits per heavy atom. The number of fused-ring (bicyclic) bond motifs is 1. The molecule has 0 aliphatic carbocycles. The molecule has 0 saturated carbocycles. The summed E-state index contributed by atoms with van der Waals surface area (Å²) in [5.74, 6) is -0.223. The minimum absolute atomic E-state index is 0.223. The Labute approximate surface area is 133 Å². The Hall–Kier alpha value is -2.94. The number of aromatic nitrogens is 2. The number of nitrogens with zero attached hydrogens (tertiary/aromatic N) is 2. The van der Waals surface area contributed by atoms with Crippen LogP contribution in [-0.2, 0) is 0 Å². The molecule has 112 valence electrons. The number of benzene rings is 2. The molecule has 0 saturated heterocycles. The molecule has 0 unspecified atom stereocenters. The van der Waals surface area contributed by atoms with E-state index in [2.05, 4.69) is 36.2 Å². The van der Waals surface area contributed by atoms with Crippen LogP contribution < -0.4 is 0 Å². The van der Waals surface area contributed by atoms with Crippen molar-refractivity contribution in [3.63, 3.8) is 0 Å². The molecule has 3 heteroatoms. The molecule has 4 aromatic rings. The number of halogens is 1. The molecule has 0 aliphatic rings. The van der Waals surface area contributed by atoms with Gasteiger partial charge in [-0.05, 0) is 42.3 Å². The third-order valence-corrected chi connectivity index (χ3v) is 3.98. The van der Waals surface area contributed by atoms with E-state index in [4.69, 9.17) is 0 Å². The topological polar surface area (TPSA) is 17.3 Å². The molecule has 0 bridgehead atoms. The molecule has 0 spiro atoms. The van der Waals surface area contributed by atoms with Crippen molar-refractivity contribution in [2.75, 3.05) is 0 Å². The number of aryl methyl sites for hydroxylation is 1. The van der Waals surface area contributed by atoms with Crippen LogP contribution in [0.1, 0.15) is 5.56 Å². The second-order valence-electron chi connectivity index (χ2n) is 5.68. The summed E-state index contributed by atoms with van der Waals surface area (Å²) in [5.41, 5.74) is 6.19. The first kappa shape index (κ1) is 13.7. The van der Waals surface area contributed by atoms with Crippen LogP contribution in [0.3, 0.4) is 0 Å². The summed E-state index contributed by atoms with van der Waals surface area (Å²) in [5, 5.41) is 0. The van der Waals surface area contributed by atoms with Gasteiger partial charge in [0.05, 0.1) is 5.69 Å². The number of rotatable bonds is 2. The monoisotopic (exact) mass is 302 g/mol. The van der Waals surface area contributed by atoms with Crippen molar-refractivity contribution >= 4 is 5.65 Å². The van der Waals surface area contributed by atoms with Crippen LogP contribution in [0.25, 0.3) is 28.0 Å². The molecule has 0 amide bonds. The highest BCUT2D eigenvalue weighted by Gasteiger charge is 2.06. The van der Waals surface area contributed by atoms with Crippen molar-refractivity contribution < 1.29 is 4.39 Å². The molecule has 2 nitrogen and oxygen atoms in total. The van der Waals surface area contributed by atoms with E-state index in [-0.39, 0.29) is 5.82 Å². The number of hydrogen-bond acceptors (Lipinski definition) is 1. The van der Waals surface area contributed by atoms with Crippen molar-refractivity contribution in [3.05, 3.63) is 84.4 Å². The minimum Gasteiger partial charge on any atom is -0.306 e. The third-order valence-electron chi connectivity index (χ3n) is 3.98. The maximum atomic E-state index is 13.1. The number of imidazole rings is 1. The Morgan fingerprint density at radius 1 is 0.739 bits per heavy atom. The maximum Gasteiger partial charge on any atom is 0.137 e. The van der Waals surface area contributed by atoms with Gasteiger partial charge in [0.25, 0.3) is 0 Å². The highest BCUT2D eigenvalue weighted by Crippen LogP contribution is 2.23. The van der Waals surface area contributed by atoms with Gasteiger partial charge in [-0.3, -0.25) is 0 Å². The quantitative estimate of drug-likeness (QED) is 0.502. The van der Waals surface area contributed by atoms with Crippen molar-refractivity contribution in [1.82, 2.24) is 9.38 Å². The molecular weight excluding hydrogens is 287 g/mol. The first-order valence-corrected chi connectivity index (χ1v) is 7.51. The molecule has 2 heterocycles. The molecule has 0 aliphatic heterocycles. The van der Waals surface area contributed by atoms with Crippen LogP contribution in [0.15, 0.2) is 73.1 Å². The van der Waals surface area contributed by atoms with Crippen LogP contribution >= 0.6 is 0 Å². The van der Waals surface area contributed by atoms with Crippen LogP contribution in [0, 0.1) is 12.7 Å². The standard InChI is InChI=1S/C20H15FN2/c1-14-2-4-16(5-3-14)19-13-23-12-17(8-11-20(23)22-19)15-6-9-18(21)10-7-15/h2-13H,1H3. The van der Waals surface area contributed by atoms with E-state index in [9.17, 15) is 4.39 Å². The second kappa shape index (κ2) is 5.36. The lowest BCUT2D eigenvalue weighted by Crippen LogP contribution is -1.85. The van der Waals surface area contributed by atoms with E-state index < -0.39 is 0 Å². The fourth-order valence-electron chi connectivity index (χ4n) is 2.67. The van der Waals surface area contributed by atoms with Crippen molar-refractivity contribution in [1.29, 1.82) is 0 Å². The van der Waals surface area contributed by atoms with Gasteiger partial charge in [0.2, 0.25) is 0 Å². The van der Waals surface area contributed by atoms with Crippen molar-refractivity contribution in [2.24, 2.45) is 0 Å². The van der Waals surface area contributed by atoms with Gasteiger partial charge in [-0.1, -0.05) is 42.0 Å². The normalized spacial score (nSPS) is 11.0. The molecule has 0 atom stereocenters. The highest BCUT2D eigenvalue weighted by molar-refractivity contribution is 5.67. The van der Waals surface area contributed by atoms with Gasteiger partial charge in [-0.2, -0.15) is 0 Å². The fraction of sp³-hybridized carbons (Fsp3) is 0.0500. The summed E-state index contributed by atoms with van der Waals surface area (Å²) < 4.78 is 15.1. The van der Waals surface area contributed by atoms with E-state index in [1.807, 2.05) is 28.9 Å². The third kappa shape index (κ3) is 2.61. The molecule has 23 heavy (non-hydrogen) atoms. The van der Waals surface area contributed by atoms with Gasteiger partial charge in [0, 0.05) is 18.0 Å². The maximum absolute atomic E-state index is 13.1. The van der Waals surface area contributed by atoms with Crippen LogP contribution in [-0.4, -0.2) is 9.38 Å². The van der Waals surface area contributed by atoms with Crippen molar-refractivity contribution in [2.45, 2.75) is 6.92 Å². The van der Waals surface area contributed by atoms with Crippen LogP contribution in [0.5, 0.6) is 0 Å². The average molecular weight is 302 g/mol. The molecule has 0 fully saturated rings. The predicted molar refractivity (Wildman–Crippen MR) is 90.8 cm³/mol. The summed E-state index contributed by atoms with van der Waals surface area (Å²) in [6, 6.07) is 18.9. The lowest BCUT2D eigenvalue weighted by molar-refractivity contribution is 0.628. The zero-order valence-corrected chi connectivity index (χ0v) is 12.7. The van der Waals surface area contributed by atoms with Crippen LogP contribution in [0.2, 0.25) is 0 Å². The van der Waals surface area contributed by atoms with Gasteiger partial charge in [0.1, 0.15) is 11.5 Å². The van der Waals surface area contributed by atoms with E-state index >= 15 is 0 Å². The molecule has 2 aromatic carbocycles. The van der Waals surface area contributed by atoms with Gasteiger partial charge >= 0.3 is 0 Å². The highest BCUT2D eigenvalue weighted by atomic mass is 19.1. The van der Waals surface area contributed by atoms with Gasteiger partial charge in [0.15, 0.2) is 0 Å². The first-order valence-electron chi connectivity index (χ1n) is 7.51. The fourth-order valence-corrected chi connectivity index (χ4v) is 2.67. The molecule has 2 aromatic heterocycles. The van der Waals surface area contributed by atoms with Gasteiger partial charge in [-0.25, -0.2) is 9.37 Å². The number of hydrogen-bond donors (Lipinski definition) is 0. The Bertz CT molecular complexity index is 923. The van der Waals surface area contributed by atoms with Gasteiger partial charge < -0.3 is 4.40 Å². The largest absolute Gasteiger partial charge is 0.306 e. The molecule has 0 radical (unpaired) electrons. The van der Waals surface area contributed by atoms with E-state index in [1.165, 1.54) is 17.7 Å². The molecule has 4 rings (SSSR count). The zero-order chi connectivity index (χ0) is 15.8. The lowest BCUT2D eigenvalue weighted by atomic mass is 10.1. The summed E-state index contributed by atoms with van der Waals surface area (Å²) in [7, 11) is 0. The SMILES string of the molecule is Cc1ccc(-c2cn3cc(-c4ccc(F)cc4)ccc3n2)cc1. The second-order valence-corrected chi connectivity index (χ2v) is 5.68. The predicted octanol–water partition coefficient (Wildman–Crippen LogP) is 5.12. The molecular formula is C20H15FN2. The van der Waals surface area contributed by atoms with Gasteiger partial charge in [-0.15, -0.1) is 0 Å². The van der Waals surface area contributed by atoms with Crippen LogP contribution in [0.4, 0.5) is 4.39 Å². The number of pyridine rings is 1. The first-order chi connectivity index (χ1) is 11.2. The Morgan fingerprint density at radius 3 is 2.13 bits per heavy atom. The van der Waals surface area contributed by atoms with Crippen molar-refractivity contribution in [3.8, 4) is 22.4 Å². The molecule has 0 N–H and O–H groups in total. The lowest BCUT2D eigenvalue weighted by Gasteiger charge is -2.02. The van der Waals surface area contributed by atoms with E-state index in [0.29, 0.717) is 0 Å². The van der Waals surface area contributed by atoms with E-state index in [1.54, 1.807) is 12.1 Å². The smallest absolute Gasteiger partial charge is 0.137 e. The summed E-state index contributed by atoms with van der Waals surface area (Å²) in [6.07, 6.45) is 4.04. The zero-order valence-electron chi connectivity index (χ0n) is 12.7. The summed E-state index contributed by atoms with van der Waals surface area (Å²) >= 11 is 0. The minimum atomic E-state index is -0.223.